The van der Waals surface area contributed by atoms with Gasteiger partial charge in [-0.05, 0) is 48.6 Å². The SMILES string of the molecule is CC1SC(=O)NN=C1c1ccc2c(c1)CCCN2C(=O)COCc1ccccc1. The highest BCUT2D eigenvalue weighted by molar-refractivity contribution is 8.14. The minimum absolute atomic E-state index is 0.00508. The molecule has 0 aliphatic carbocycles. The normalized spacial score (nSPS) is 18.7. The fraction of sp³-hybridized carbons (Fsp3) is 0.318. The van der Waals surface area contributed by atoms with Crippen molar-refractivity contribution >= 4 is 34.3 Å². The molecule has 2 amide bonds. The molecule has 0 spiro atoms. The number of fused-ring (bicyclic) bond motifs is 1. The van der Waals surface area contributed by atoms with Crippen molar-refractivity contribution in [3.8, 4) is 0 Å². The number of nitrogens with one attached hydrogen (secondary N) is 1. The molecule has 0 saturated heterocycles. The Morgan fingerprint density at radius 1 is 1.28 bits per heavy atom. The zero-order valence-corrected chi connectivity index (χ0v) is 17.1. The lowest BCUT2D eigenvalue weighted by molar-refractivity contribution is -0.123. The van der Waals surface area contributed by atoms with Crippen LogP contribution in [0, 0.1) is 0 Å². The molecule has 0 aromatic heterocycles. The molecule has 0 radical (unpaired) electrons. The van der Waals surface area contributed by atoms with Crippen LogP contribution in [0.3, 0.4) is 0 Å². The minimum Gasteiger partial charge on any atom is -0.367 e. The van der Waals surface area contributed by atoms with Gasteiger partial charge in [-0.3, -0.25) is 9.59 Å². The summed E-state index contributed by atoms with van der Waals surface area (Å²) in [5, 5.41) is 4.09. The van der Waals surface area contributed by atoms with Gasteiger partial charge in [-0.25, -0.2) is 5.43 Å². The summed E-state index contributed by atoms with van der Waals surface area (Å²) in [5.41, 5.74) is 7.49. The summed E-state index contributed by atoms with van der Waals surface area (Å²) in [5.74, 6) is -0.0270. The summed E-state index contributed by atoms with van der Waals surface area (Å²) in [6.45, 7) is 3.15. The average Bonchev–Trinajstić information content (AvgIpc) is 2.73. The minimum atomic E-state index is -0.133. The zero-order valence-electron chi connectivity index (χ0n) is 16.3. The van der Waals surface area contributed by atoms with Crippen LogP contribution in [0.15, 0.2) is 53.6 Å². The van der Waals surface area contributed by atoms with E-state index in [1.54, 1.807) is 0 Å². The van der Waals surface area contributed by atoms with Gasteiger partial charge in [0.25, 0.3) is 11.1 Å². The summed E-state index contributed by atoms with van der Waals surface area (Å²) >= 11 is 1.23. The largest absolute Gasteiger partial charge is 0.367 e. The molecule has 4 rings (SSSR count). The van der Waals surface area contributed by atoms with E-state index in [9.17, 15) is 9.59 Å². The number of anilines is 1. The lowest BCUT2D eigenvalue weighted by atomic mass is 9.96. The Balaban J connectivity index is 1.45. The molecule has 150 valence electrons. The molecule has 0 bridgehead atoms. The van der Waals surface area contributed by atoms with Crippen molar-refractivity contribution in [3.05, 3.63) is 65.2 Å². The number of thioether (sulfide) groups is 1. The van der Waals surface area contributed by atoms with E-state index in [0.717, 1.165) is 40.9 Å². The third kappa shape index (κ3) is 4.52. The first-order valence-corrected chi connectivity index (χ1v) is 10.6. The van der Waals surface area contributed by atoms with Gasteiger partial charge < -0.3 is 9.64 Å². The molecule has 0 fully saturated rings. The molecule has 1 unspecified atom stereocenters. The maximum atomic E-state index is 12.8. The molecule has 1 N–H and O–H groups in total. The van der Waals surface area contributed by atoms with E-state index in [4.69, 9.17) is 4.74 Å². The highest BCUT2D eigenvalue weighted by Gasteiger charge is 2.26. The van der Waals surface area contributed by atoms with Crippen molar-refractivity contribution in [1.29, 1.82) is 0 Å². The fourth-order valence-electron chi connectivity index (χ4n) is 3.66. The Kier molecular flexibility index (Phi) is 5.97. The van der Waals surface area contributed by atoms with E-state index >= 15 is 0 Å². The number of hydrazone groups is 1. The van der Waals surface area contributed by atoms with Crippen LogP contribution in [0.25, 0.3) is 0 Å². The smallest absolute Gasteiger partial charge is 0.299 e. The number of carbonyl (C=O) groups excluding carboxylic acids is 2. The van der Waals surface area contributed by atoms with Crippen LogP contribution in [0.4, 0.5) is 10.5 Å². The summed E-state index contributed by atoms with van der Waals surface area (Å²) < 4.78 is 5.64. The molecule has 2 aliphatic heterocycles. The monoisotopic (exact) mass is 409 g/mol. The predicted molar refractivity (Wildman–Crippen MR) is 115 cm³/mol. The van der Waals surface area contributed by atoms with Crippen molar-refractivity contribution < 1.29 is 14.3 Å². The van der Waals surface area contributed by atoms with Crippen molar-refractivity contribution in [2.45, 2.75) is 31.6 Å². The van der Waals surface area contributed by atoms with Gasteiger partial charge in [-0.2, -0.15) is 5.10 Å². The first kappa shape index (κ1) is 19.7. The molecule has 6 nitrogen and oxygen atoms in total. The van der Waals surface area contributed by atoms with Gasteiger partial charge in [0.2, 0.25) is 0 Å². The van der Waals surface area contributed by atoms with Gasteiger partial charge in [0.1, 0.15) is 6.61 Å². The standard InChI is InChI=1S/C22H23N3O3S/c1-15-21(23-24-22(27)29-15)18-9-10-19-17(12-18)8-5-11-25(19)20(26)14-28-13-16-6-3-2-4-7-16/h2-4,6-7,9-10,12,15H,5,8,11,13-14H2,1H3,(H,24,27). The topological polar surface area (TPSA) is 71.0 Å². The van der Waals surface area contributed by atoms with Crippen LogP contribution in [-0.2, 0) is 22.6 Å². The first-order chi connectivity index (χ1) is 14.1. The zero-order chi connectivity index (χ0) is 20.2. The van der Waals surface area contributed by atoms with E-state index in [2.05, 4.69) is 16.6 Å². The third-order valence-corrected chi connectivity index (χ3v) is 5.95. The Morgan fingerprint density at radius 3 is 2.90 bits per heavy atom. The number of ether oxygens (including phenoxy) is 1. The number of amides is 2. The number of nitrogens with zero attached hydrogens (tertiary/aromatic N) is 2. The lowest BCUT2D eigenvalue weighted by Gasteiger charge is -2.30. The Morgan fingerprint density at radius 2 is 2.10 bits per heavy atom. The molecular weight excluding hydrogens is 386 g/mol. The van der Waals surface area contributed by atoms with Crippen molar-refractivity contribution in [2.75, 3.05) is 18.1 Å². The number of rotatable bonds is 5. The number of aryl methyl sites for hydroxylation is 1. The Labute approximate surface area is 174 Å². The van der Waals surface area contributed by atoms with Gasteiger partial charge >= 0.3 is 0 Å². The van der Waals surface area contributed by atoms with Gasteiger partial charge in [0.15, 0.2) is 0 Å². The summed E-state index contributed by atoms with van der Waals surface area (Å²) in [6.07, 6.45) is 1.83. The molecule has 2 heterocycles. The molecule has 0 saturated carbocycles. The molecule has 2 aliphatic rings. The second kappa shape index (κ2) is 8.80. The van der Waals surface area contributed by atoms with Gasteiger partial charge in [-0.1, -0.05) is 48.2 Å². The summed E-state index contributed by atoms with van der Waals surface area (Å²) in [4.78, 5) is 26.0. The van der Waals surface area contributed by atoms with E-state index < -0.39 is 0 Å². The first-order valence-electron chi connectivity index (χ1n) is 9.71. The molecule has 2 aromatic carbocycles. The number of hydrogen-bond donors (Lipinski definition) is 1. The van der Waals surface area contributed by atoms with Crippen LogP contribution < -0.4 is 10.3 Å². The summed E-state index contributed by atoms with van der Waals surface area (Å²) in [7, 11) is 0. The van der Waals surface area contributed by atoms with E-state index in [0.29, 0.717) is 13.2 Å². The van der Waals surface area contributed by atoms with E-state index in [1.165, 1.54) is 11.8 Å². The second-order valence-corrected chi connectivity index (χ2v) is 8.44. The molecule has 2 aromatic rings. The summed E-state index contributed by atoms with van der Waals surface area (Å²) in [6, 6.07) is 15.9. The number of carbonyl (C=O) groups is 2. The van der Waals surface area contributed by atoms with Crippen molar-refractivity contribution in [3.63, 3.8) is 0 Å². The van der Waals surface area contributed by atoms with Gasteiger partial charge in [0, 0.05) is 12.2 Å². The third-order valence-electron chi connectivity index (χ3n) is 5.07. The quantitative estimate of drug-likeness (QED) is 0.817. The van der Waals surface area contributed by atoms with Crippen LogP contribution in [0.1, 0.15) is 30.0 Å². The van der Waals surface area contributed by atoms with Crippen LogP contribution in [-0.4, -0.2) is 35.3 Å². The second-order valence-electron chi connectivity index (χ2n) is 7.13. The fourth-order valence-corrected chi connectivity index (χ4v) is 4.38. The van der Waals surface area contributed by atoms with Gasteiger partial charge in [-0.15, -0.1) is 0 Å². The highest BCUT2D eigenvalue weighted by atomic mass is 32.2. The maximum Gasteiger partial charge on any atom is 0.299 e. The van der Waals surface area contributed by atoms with E-state index in [-0.39, 0.29) is 23.0 Å². The van der Waals surface area contributed by atoms with Crippen LogP contribution in [0.2, 0.25) is 0 Å². The molecule has 1 atom stereocenters. The number of hydrogen-bond acceptors (Lipinski definition) is 5. The average molecular weight is 410 g/mol. The molecular formula is C22H23N3O3S. The highest BCUT2D eigenvalue weighted by Crippen LogP contribution is 2.30. The Hall–Kier alpha value is -2.64. The van der Waals surface area contributed by atoms with E-state index in [1.807, 2.05) is 54.3 Å². The lowest BCUT2D eigenvalue weighted by Crippen LogP contribution is -2.38. The van der Waals surface area contributed by atoms with Gasteiger partial charge in [0.05, 0.1) is 17.6 Å². The maximum absolute atomic E-state index is 12.8. The molecule has 7 heteroatoms. The van der Waals surface area contributed by atoms with Crippen LogP contribution >= 0.6 is 11.8 Å². The Bertz CT molecular complexity index is 946. The van der Waals surface area contributed by atoms with Crippen LogP contribution in [0.5, 0.6) is 0 Å². The van der Waals surface area contributed by atoms with Crippen molar-refractivity contribution in [1.82, 2.24) is 5.43 Å². The predicted octanol–water partition coefficient (Wildman–Crippen LogP) is 3.73. The number of benzene rings is 2. The molecule has 29 heavy (non-hydrogen) atoms. The van der Waals surface area contributed by atoms with Crippen molar-refractivity contribution in [2.24, 2.45) is 5.10 Å².